The molecule has 1 heterocycles. The van der Waals surface area contributed by atoms with Crippen LogP contribution in [0.25, 0.3) is 0 Å². The lowest BCUT2D eigenvalue weighted by Crippen LogP contribution is -2.54. The van der Waals surface area contributed by atoms with Crippen molar-refractivity contribution in [3.8, 4) is 0 Å². The van der Waals surface area contributed by atoms with Crippen LogP contribution in [0.4, 0.5) is 0 Å². The standard InChI is InChI=1S/C30H49N3O6/c1-9-19(2)27(32(5)6)25(38-7)18-26(34)33-20(3)15-16-24(33)28(39-8)21(4)29(35)31-23(30(36)37)17-22-13-11-10-12-14-22/h10-14,19-21,23-25,27-28H,9,15-18H2,1-8H3,(H,31,35)(H,36,37)/t19-,20-,21?,23-,24-,25+,27-,28?/m0/s1. The molecule has 2 unspecified atom stereocenters. The molecule has 220 valence electrons. The lowest BCUT2D eigenvalue weighted by molar-refractivity contribution is -0.146. The smallest absolute Gasteiger partial charge is 0.326 e. The molecule has 1 fully saturated rings. The third kappa shape index (κ3) is 8.50. The second kappa shape index (κ2) is 15.3. The fraction of sp³-hybridized carbons (Fsp3) is 0.700. The molecular formula is C30H49N3O6. The Balaban J connectivity index is 2.18. The average Bonchev–Trinajstić information content (AvgIpc) is 3.29. The third-order valence-corrected chi connectivity index (χ3v) is 8.34. The van der Waals surface area contributed by atoms with Crippen LogP contribution in [0.3, 0.4) is 0 Å². The molecule has 0 spiro atoms. The summed E-state index contributed by atoms with van der Waals surface area (Å²) in [5.74, 6) is -1.84. The van der Waals surface area contributed by atoms with Crippen LogP contribution in [0.15, 0.2) is 30.3 Å². The van der Waals surface area contributed by atoms with Crippen molar-refractivity contribution in [3.05, 3.63) is 35.9 Å². The van der Waals surface area contributed by atoms with E-state index in [2.05, 4.69) is 24.1 Å². The maximum atomic E-state index is 13.8. The van der Waals surface area contributed by atoms with Crippen LogP contribution < -0.4 is 5.32 Å². The molecule has 2 amide bonds. The Bertz CT molecular complexity index is 927. The number of hydrogen-bond donors (Lipinski definition) is 2. The number of amides is 2. The van der Waals surface area contributed by atoms with E-state index in [1.165, 1.54) is 0 Å². The molecule has 1 saturated heterocycles. The first kappa shape index (κ1) is 32.7. The van der Waals surface area contributed by atoms with Gasteiger partial charge in [0.25, 0.3) is 0 Å². The lowest BCUT2D eigenvalue weighted by Gasteiger charge is -2.39. The number of carbonyl (C=O) groups is 3. The van der Waals surface area contributed by atoms with Crippen molar-refractivity contribution in [2.75, 3.05) is 28.3 Å². The number of benzene rings is 1. The van der Waals surface area contributed by atoms with E-state index in [0.29, 0.717) is 12.3 Å². The van der Waals surface area contributed by atoms with E-state index in [4.69, 9.17) is 9.47 Å². The molecule has 0 aliphatic carbocycles. The predicted octanol–water partition coefficient (Wildman–Crippen LogP) is 3.21. The summed E-state index contributed by atoms with van der Waals surface area (Å²) < 4.78 is 11.7. The number of carboxylic acid groups (broad SMARTS) is 1. The zero-order chi connectivity index (χ0) is 29.3. The van der Waals surface area contributed by atoms with Crippen molar-refractivity contribution < 1.29 is 29.0 Å². The molecule has 0 aromatic heterocycles. The number of methoxy groups -OCH3 is 2. The largest absolute Gasteiger partial charge is 0.480 e. The topological polar surface area (TPSA) is 108 Å². The minimum atomic E-state index is -1.10. The van der Waals surface area contributed by atoms with E-state index in [0.717, 1.165) is 18.4 Å². The van der Waals surface area contributed by atoms with Gasteiger partial charge in [-0.2, -0.15) is 0 Å². The number of ether oxygens (including phenoxy) is 2. The first-order valence-corrected chi connectivity index (χ1v) is 14.1. The molecule has 39 heavy (non-hydrogen) atoms. The number of hydrogen-bond acceptors (Lipinski definition) is 6. The second-order valence-electron chi connectivity index (χ2n) is 11.2. The highest BCUT2D eigenvalue weighted by Crippen LogP contribution is 2.32. The Kier molecular flexibility index (Phi) is 12.9. The monoisotopic (exact) mass is 547 g/mol. The maximum Gasteiger partial charge on any atom is 0.326 e. The van der Waals surface area contributed by atoms with Crippen molar-refractivity contribution >= 4 is 17.8 Å². The van der Waals surface area contributed by atoms with Gasteiger partial charge in [-0.25, -0.2) is 4.79 Å². The van der Waals surface area contributed by atoms with Gasteiger partial charge in [0.2, 0.25) is 11.8 Å². The number of likely N-dealkylation sites (N-methyl/N-ethyl adjacent to an activating group) is 1. The maximum absolute atomic E-state index is 13.8. The summed E-state index contributed by atoms with van der Waals surface area (Å²) in [6.45, 7) is 8.07. The molecule has 2 rings (SSSR count). The number of nitrogens with one attached hydrogen (secondary N) is 1. The van der Waals surface area contributed by atoms with Crippen molar-refractivity contribution in [3.63, 3.8) is 0 Å². The second-order valence-corrected chi connectivity index (χ2v) is 11.2. The van der Waals surface area contributed by atoms with Crippen LogP contribution in [0, 0.1) is 11.8 Å². The number of aliphatic carboxylic acids is 1. The van der Waals surface area contributed by atoms with Crippen LogP contribution in [0.5, 0.6) is 0 Å². The fourth-order valence-electron chi connectivity index (χ4n) is 6.04. The van der Waals surface area contributed by atoms with E-state index >= 15 is 0 Å². The van der Waals surface area contributed by atoms with Crippen LogP contribution in [0.2, 0.25) is 0 Å². The van der Waals surface area contributed by atoms with Gasteiger partial charge in [0.15, 0.2) is 0 Å². The third-order valence-electron chi connectivity index (χ3n) is 8.34. The summed E-state index contributed by atoms with van der Waals surface area (Å²) in [6.07, 6.45) is 2.04. The van der Waals surface area contributed by atoms with E-state index in [1.54, 1.807) is 21.1 Å². The van der Waals surface area contributed by atoms with Gasteiger partial charge in [0.05, 0.1) is 30.6 Å². The Morgan fingerprint density at radius 2 is 1.74 bits per heavy atom. The molecule has 2 N–H and O–H groups in total. The molecule has 9 nitrogen and oxygen atoms in total. The number of likely N-dealkylation sites (tertiary alicyclic amines) is 1. The molecule has 1 aromatic rings. The van der Waals surface area contributed by atoms with Crippen molar-refractivity contribution in [2.45, 2.75) is 96.2 Å². The van der Waals surface area contributed by atoms with E-state index in [1.807, 2.05) is 56.3 Å². The van der Waals surface area contributed by atoms with E-state index in [-0.39, 0.29) is 43.0 Å². The summed E-state index contributed by atoms with van der Waals surface area (Å²) >= 11 is 0. The normalized spacial score (nSPS) is 22.1. The number of carbonyl (C=O) groups excluding carboxylic acids is 2. The minimum absolute atomic E-state index is 0.000768. The first-order chi connectivity index (χ1) is 18.5. The van der Waals surface area contributed by atoms with Gasteiger partial charge in [-0.3, -0.25) is 9.59 Å². The molecule has 0 saturated carbocycles. The van der Waals surface area contributed by atoms with E-state index in [9.17, 15) is 19.5 Å². The van der Waals surface area contributed by atoms with Gasteiger partial charge in [-0.15, -0.1) is 0 Å². The zero-order valence-electron chi connectivity index (χ0n) is 24.9. The predicted molar refractivity (Wildman–Crippen MR) is 151 cm³/mol. The van der Waals surface area contributed by atoms with Gasteiger partial charge >= 0.3 is 5.97 Å². The average molecular weight is 548 g/mol. The minimum Gasteiger partial charge on any atom is -0.480 e. The number of nitrogens with zero attached hydrogens (tertiary/aromatic N) is 2. The van der Waals surface area contributed by atoms with Gasteiger partial charge < -0.3 is 29.7 Å². The van der Waals surface area contributed by atoms with Crippen LogP contribution in [-0.4, -0.2) is 97.4 Å². The molecule has 9 heteroatoms. The summed E-state index contributed by atoms with van der Waals surface area (Å²) in [6, 6.07) is 7.93. The summed E-state index contributed by atoms with van der Waals surface area (Å²) in [5, 5.41) is 12.5. The summed E-state index contributed by atoms with van der Waals surface area (Å²) in [4.78, 5) is 42.9. The van der Waals surface area contributed by atoms with Crippen molar-refractivity contribution in [1.29, 1.82) is 0 Å². The van der Waals surface area contributed by atoms with Gasteiger partial charge in [-0.1, -0.05) is 57.5 Å². The Morgan fingerprint density at radius 3 is 2.26 bits per heavy atom. The van der Waals surface area contributed by atoms with Crippen LogP contribution in [-0.2, 0) is 30.3 Å². The summed E-state index contributed by atoms with van der Waals surface area (Å²) in [7, 11) is 7.22. The quantitative estimate of drug-likeness (QED) is 0.347. The highest BCUT2D eigenvalue weighted by molar-refractivity contribution is 5.85. The Morgan fingerprint density at radius 1 is 1.10 bits per heavy atom. The van der Waals surface area contributed by atoms with Gasteiger partial charge in [0, 0.05) is 32.7 Å². The van der Waals surface area contributed by atoms with Crippen molar-refractivity contribution in [2.24, 2.45) is 11.8 Å². The molecule has 0 bridgehead atoms. The number of carboxylic acids is 1. The molecule has 0 radical (unpaired) electrons. The zero-order valence-corrected chi connectivity index (χ0v) is 24.9. The molecule has 8 atom stereocenters. The Labute approximate surface area is 234 Å². The number of rotatable bonds is 15. The van der Waals surface area contributed by atoms with Crippen LogP contribution >= 0.6 is 0 Å². The van der Waals surface area contributed by atoms with Crippen LogP contribution in [0.1, 0.15) is 58.9 Å². The fourth-order valence-corrected chi connectivity index (χ4v) is 6.04. The molecule has 1 aromatic carbocycles. The van der Waals surface area contributed by atoms with E-state index < -0.39 is 29.9 Å². The SMILES string of the molecule is CC[C@H](C)[C@@H]([C@@H](CC(=O)N1[C@@H](C)CC[C@H]1C(OC)C(C)C(=O)N[C@@H](Cc1ccccc1)C(=O)O)OC)N(C)C. The molecule has 1 aliphatic heterocycles. The van der Waals surface area contributed by atoms with Gasteiger partial charge in [0.1, 0.15) is 6.04 Å². The molecule has 1 aliphatic rings. The molecular weight excluding hydrogens is 498 g/mol. The highest BCUT2D eigenvalue weighted by Gasteiger charge is 2.44. The highest BCUT2D eigenvalue weighted by atomic mass is 16.5. The Hall–Kier alpha value is -2.49. The summed E-state index contributed by atoms with van der Waals surface area (Å²) in [5.41, 5.74) is 0.823. The lowest BCUT2D eigenvalue weighted by atomic mass is 9.90. The first-order valence-electron chi connectivity index (χ1n) is 14.1. The van der Waals surface area contributed by atoms with Gasteiger partial charge in [-0.05, 0) is 45.3 Å². The van der Waals surface area contributed by atoms with Crippen molar-refractivity contribution in [1.82, 2.24) is 15.1 Å².